The van der Waals surface area contributed by atoms with E-state index in [2.05, 4.69) is 5.10 Å². The van der Waals surface area contributed by atoms with Gasteiger partial charge in [0.1, 0.15) is 5.69 Å². The van der Waals surface area contributed by atoms with Crippen LogP contribution in [0, 0.1) is 5.92 Å². The molecule has 6 nitrogen and oxygen atoms in total. The summed E-state index contributed by atoms with van der Waals surface area (Å²) in [5.41, 5.74) is 1.46. The Hall–Kier alpha value is -3.25. The molecule has 0 bridgehead atoms. The van der Waals surface area contributed by atoms with Gasteiger partial charge >= 0.3 is 0 Å². The molecule has 1 heterocycles. The van der Waals surface area contributed by atoms with Crippen LogP contribution in [-0.4, -0.2) is 38.3 Å². The number of aliphatic hydroxyl groups is 1. The largest absolute Gasteiger partial charge is 0.394 e. The highest BCUT2D eigenvalue weighted by Crippen LogP contribution is 2.36. The van der Waals surface area contributed by atoms with E-state index in [0.717, 1.165) is 18.4 Å². The Bertz CT molecular complexity index is 1030. The molecule has 1 aliphatic carbocycles. The molecule has 3 aromatic rings. The van der Waals surface area contributed by atoms with Crippen molar-refractivity contribution in [2.45, 2.75) is 25.4 Å². The van der Waals surface area contributed by atoms with Gasteiger partial charge in [-0.15, -0.1) is 0 Å². The van der Waals surface area contributed by atoms with Gasteiger partial charge in [-0.25, -0.2) is 0 Å². The number of hydrogen-bond donors (Lipinski definition) is 1. The van der Waals surface area contributed by atoms with Crippen LogP contribution in [0.1, 0.15) is 28.9 Å². The van der Waals surface area contributed by atoms with Crippen molar-refractivity contribution in [2.24, 2.45) is 5.92 Å². The minimum Gasteiger partial charge on any atom is -0.394 e. The Morgan fingerprint density at radius 2 is 1.69 bits per heavy atom. The van der Waals surface area contributed by atoms with Crippen molar-refractivity contribution in [2.75, 3.05) is 6.61 Å². The highest BCUT2D eigenvalue weighted by Gasteiger charge is 2.37. The third-order valence-corrected chi connectivity index (χ3v) is 5.23. The molecule has 29 heavy (non-hydrogen) atoms. The number of rotatable bonds is 7. The zero-order chi connectivity index (χ0) is 20.2. The van der Waals surface area contributed by atoms with Gasteiger partial charge in [-0.2, -0.15) is 9.78 Å². The van der Waals surface area contributed by atoms with Crippen LogP contribution in [-0.2, 0) is 6.54 Å². The average molecular weight is 389 g/mol. The summed E-state index contributed by atoms with van der Waals surface area (Å²) in [6.07, 6.45) is 2.00. The lowest BCUT2D eigenvalue weighted by Crippen LogP contribution is -2.44. The molecule has 1 N–H and O–H groups in total. The van der Waals surface area contributed by atoms with Crippen LogP contribution in [0.15, 0.2) is 77.6 Å². The molecule has 0 saturated heterocycles. The van der Waals surface area contributed by atoms with Crippen molar-refractivity contribution >= 4 is 5.91 Å². The molecule has 0 aliphatic heterocycles. The third kappa shape index (κ3) is 4.27. The highest BCUT2D eigenvalue weighted by atomic mass is 16.3. The van der Waals surface area contributed by atoms with E-state index < -0.39 is 0 Å². The Labute approximate surface area is 169 Å². The number of aliphatic hydroxyl groups excluding tert-OH is 1. The molecule has 1 saturated carbocycles. The zero-order valence-electron chi connectivity index (χ0n) is 16.0. The fourth-order valence-electron chi connectivity index (χ4n) is 3.53. The Kier molecular flexibility index (Phi) is 5.53. The van der Waals surface area contributed by atoms with Gasteiger partial charge in [-0.1, -0.05) is 48.5 Å². The maximum atomic E-state index is 13.4. The number of benzene rings is 2. The van der Waals surface area contributed by atoms with Gasteiger partial charge in [0, 0.05) is 12.6 Å². The van der Waals surface area contributed by atoms with Crippen molar-refractivity contribution in [1.82, 2.24) is 14.7 Å². The number of para-hydroxylation sites is 1. The molecule has 1 fully saturated rings. The summed E-state index contributed by atoms with van der Waals surface area (Å²) in [5, 5.41) is 14.3. The maximum absolute atomic E-state index is 13.4. The normalized spacial score (nSPS) is 14.4. The van der Waals surface area contributed by atoms with E-state index in [0.29, 0.717) is 18.2 Å². The van der Waals surface area contributed by atoms with Crippen LogP contribution < -0.4 is 5.56 Å². The first-order valence-corrected chi connectivity index (χ1v) is 9.79. The van der Waals surface area contributed by atoms with Crippen molar-refractivity contribution in [1.29, 1.82) is 0 Å². The van der Waals surface area contributed by atoms with E-state index in [1.807, 2.05) is 48.5 Å². The van der Waals surface area contributed by atoms with Gasteiger partial charge in [0.25, 0.3) is 11.5 Å². The topological polar surface area (TPSA) is 75.4 Å². The van der Waals surface area contributed by atoms with Gasteiger partial charge in [-0.3, -0.25) is 9.59 Å². The first-order chi connectivity index (χ1) is 14.2. The quantitative estimate of drug-likeness (QED) is 0.674. The molecule has 0 radical (unpaired) electrons. The molecule has 2 aromatic carbocycles. The second-order valence-corrected chi connectivity index (χ2v) is 7.31. The Balaban J connectivity index is 1.69. The SMILES string of the molecule is O=C(c1ccc(=O)n(-c2ccccc2)n1)N(Cc1ccccc1)C(CO)C1CC1. The monoisotopic (exact) mass is 389 g/mol. The lowest BCUT2D eigenvalue weighted by molar-refractivity contribution is 0.0523. The summed E-state index contributed by atoms with van der Waals surface area (Å²) >= 11 is 0. The van der Waals surface area contributed by atoms with E-state index in [1.54, 1.807) is 17.0 Å². The number of nitrogens with zero attached hydrogens (tertiary/aromatic N) is 3. The molecule has 4 rings (SSSR count). The lowest BCUT2D eigenvalue weighted by atomic mass is 10.1. The molecule has 1 amide bonds. The second kappa shape index (κ2) is 8.41. The summed E-state index contributed by atoms with van der Waals surface area (Å²) in [4.78, 5) is 27.4. The second-order valence-electron chi connectivity index (χ2n) is 7.31. The van der Waals surface area contributed by atoms with Crippen LogP contribution >= 0.6 is 0 Å². The predicted octanol–water partition coefficient (Wildman–Crippen LogP) is 2.65. The molecule has 1 aromatic heterocycles. The number of carbonyl (C=O) groups is 1. The number of hydrogen-bond acceptors (Lipinski definition) is 4. The van der Waals surface area contributed by atoms with Crippen molar-refractivity contribution in [3.05, 3.63) is 94.4 Å². The summed E-state index contributed by atoms with van der Waals surface area (Å²) in [6.45, 7) is 0.287. The minimum absolute atomic E-state index is 0.0957. The van der Waals surface area contributed by atoms with Crippen molar-refractivity contribution < 1.29 is 9.90 Å². The molecule has 1 aliphatic rings. The van der Waals surface area contributed by atoms with Gasteiger partial charge in [0.15, 0.2) is 0 Å². The van der Waals surface area contributed by atoms with Crippen LogP contribution in [0.4, 0.5) is 0 Å². The number of carbonyl (C=O) groups excluding carboxylic acids is 1. The molecule has 1 atom stereocenters. The van der Waals surface area contributed by atoms with Gasteiger partial charge in [0.05, 0.1) is 18.3 Å². The molecular formula is C23H23N3O3. The van der Waals surface area contributed by atoms with E-state index in [4.69, 9.17) is 0 Å². The summed E-state index contributed by atoms with van der Waals surface area (Å²) in [5.74, 6) is 0.0113. The minimum atomic E-state index is -0.303. The summed E-state index contributed by atoms with van der Waals surface area (Å²) in [6, 6.07) is 21.3. The van der Waals surface area contributed by atoms with Gasteiger partial charge in [0.2, 0.25) is 0 Å². The van der Waals surface area contributed by atoms with E-state index >= 15 is 0 Å². The molecule has 6 heteroatoms. The van der Waals surface area contributed by atoms with Crippen LogP contribution in [0.3, 0.4) is 0 Å². The zero-order valence-corrected chi connectivity index (χ0v) is 16.0. The van der Waals surface area contributed by atoms with Crippen LogP contribution in [0.2, 0.25) is 0 Å². The van der Waals surface area contributed by atoms with Gasteiger partial charge in [-0.05, 0) is 42.5 Å². The first-order valence-electron chi connectivity index (χ1n) is 9.79. The molecular weight excluding hydrogens is 366 g/mol. The smallest absolute Gasteiger partial charge is 0.274 e. The fourth-order valence-corrected chi connectivity index (χ4v) is 3.53. The van der Waals surface area contributed by atoms with Crippen LogP contribution in [0.25, 0.3) is 5.69 Å². The van der Waals surface area contributed by atoms with Crippen molar-refractivity contribution in [3.8, 4) is 5.69 Å². The number of aromatic nitrogens is 2. The lowest BCUT2D eigenvalue weighted by Gasteiger charge is -2.30. The number of amides is 1. The molecule has 148 valence electrons. The first kappa shape index (κ1) is 19.1. The average Bonchev–Trinajstić information content (AvgIpc) is 3.60. The molecule has 0 spiro atoms. The standard InChI is InChI=1S/C23H23N3O3/c27-16-21(18-11-12-18)25(15-17-7-3-1-4-8-17)23(29)20-13-14-22(28)26(24-20)19-9-5-2-6-10-19/h1-10,13-14,18,21,27H,11-12,15-16H2. The molecule has 1 unspecified atom stereocenters. The fraction of sp³-hybridized carbons (Fsp3) is 0.261. The maximum Gasteiger partial charge on any atom is 0.274 e. The highest BCUT2D eigenvalue weighted by molar-refractivity contribution is 5.92. The van der Waals surface area contributed by atoms with E-state index in [-0.39, 0.29) is 29.8 Å². The third-order valence-electron chi connectivity index (χ3n) is 5.23. The Morgan fingerprint density at radius 1 is 1.03 bits per heavy atom. The predicted molar refractivity (Wildman–Crippen MR) is 110 cm³/mol. The summed E-state index contributed by atoms with van der Waals surface area (Å²) in [7, 11) is 0. The van der Waals surface area contributed by atoms with Crippen LogP contribution in [0.5, 0.6) is 0 Å². The van der Waals surface area contributed by atoms with E-state index in [9.17, 15) is 14.7 Å². The van der Waals surface area contributed by atoms with Gasteiger partial charge < -0.3 is 10.0 Å². The van der Waals surface area contributed by atoms with E-state index in [1.165, 1.54) is 16.8 Å². The Morgan fingerprint density at radius 3 is 2.31 bits per heavy atom. The summed E-state index contributed by atoms with van der Waals surface area (Å²) < 4.78 is 1.24. The van der Waals surface area contributed by atoms with Crippen molar-refractivity contribution in [3.63, 3.8) is 0 Å².